The number of hydrogen-bond acceptors (Lipinski definition) is 5. The lowest BCUT2D eigenvalue weighted by atomic mass is 10.1. The van der Waals surface area contributed by atoms with Crippen LogP contribution in [0.25, 0.3) is 6.08 Å². The topological polar surface area (TPSA) is 73.1 Å². The highest BCUT2D eigenvalue weighted by molar-refractivity contribution is 5.92. The first-order valence-corrected chi connectivity index (χ1v) is 7.76. The second-order valence-corrected chi connectivity index (χ2v) is 5.39. The number of carbonyl (C=O) groups excluding carboxylic acids is 1. The van der Waals surface area contributed by atoms with E-state index in [1.165, 1.54) is 6.08 Å². The number of benzene rings is 1. The molecular weight excluding hydrogens is 302 g/mol. The van der Waals surface area contributed by atoms with Crippen LogP contribution in [0.5, 0.6) is 0 Å². The summed E-state index contributed by atoms with van der Waals surface area (Å²) in [4.78, 5) is 24.7. The third-order valence-electron chi connectivity index (χ3n) is 3.91. The zero-order valence-electron chi connectivity index (χ0n) is 13.2. The summed E-state index contributed by atoms with van der Waals surface area (Å²) in [6.45, 7) is 2.67. The number of nitrogens with zero attached hydrogens (tertiary/aromatic N) is 5. The van der Waals surface area contributed by atoms with Gasteiger partial charge in [0.05, 0.1) is 11.6 Å². The number of aromatic nitrogens is 2. The third kappa shape index (κ3) is 3.58. The molecule has 0 radical (unpaired) electrons. The first-order valence-electron chi connectivity index (χ1n) is 7.76. The molecule has 1 amide bonds. The molecule has 2 aromatic rings. The van der Waals surface area contributed by atoms with Crippen LogP contribution in [0.1, 0.15) is 11.1 Å². The Morgan fingerprint density at radius 1 is 1.08 bits per heavy atom. The molecule has 6 heteroatoms. The number of piperazine rings is 1. The van der Waals surface area contributed by atoms with Crippen LogP contribution in [0.2, 0.25) is 0 Å². The fourth-order valence-corrected chi connectivity index (χ4v) is 2.59. The van der Waals surface area contributed by atoms with E-state index in [0.717, 1.165) is 5.56 Å². The second kappa shape index (κ2) is 7.38. The molecule has 0 spiro atoms. The Hall–Kier alpha value is -3.20. The van der Waals surface area contributed by atoms with E-state index in [-0.39, 0.29) is 5.91 Å². The van der Waals surface area contributed by atoms with E-state index in [0.29, 0.717) is 37.7 Å². The number of carbonyl (C=O) groups is 1. The highest BCUT2D eigenvalue weighted by atomic mass is 16.2. The highest BCUT2D eigenvalue weighted by Gasteiger charge is 2.20. The molecule has 1 aromatic carbocycles. The minimum Gasteiger partial charge on any atom is -0.337 e. The molecule has 0 saturated carbocycles. The van der Waals surface area contributed by atoms with Crippen molar-refractivity contribution in [3.05, 3.63) is 59.9 Å². The van der Waals surface area contributed by atoms with Crippen LogP contribution in [0.3, 0.4) is 0 Å². The molecule has 1 fully saturated rings. The van der Waals surface area contributed by atoms with Gasteiger partial charge in [0.15, 0.2) is 0 Å². The van der Waals surface area contributed by atoms with Crippen molar-refractivity contribution in [1.82, 2.24) is 14.9 Å². The van der Waals surface area contributed by atoms with Gasteiger partial charge in [-0.2, -0.15) is 5.26 Å². The standard InChI is InChI=1S/C18H17N5O/c19-14-16-5-2-1-4-15(16)6-7-17(24)22-10-12-23(13-11-22)18-20-8-3-9-21-18/h1-9H,10-13H2/b7-6+. The van der Waals surface area contributed by atoms with Crippen molar-refractivity contribution in [2.24, 2.45) is 0 Å². The fraction of sp³-hybridized carbons (Fsp3) is 0.222. The summed E-state index contributed by atoms with van der Waals surface area (Å²) in [5.41, 5.74) is 1.32. The van der Waals surface area contributed by atoms with E-state index in [9.17, 15) is 4.79 Å². The fourth-order valence-electron chi connectivity index (χ4n) is 2.59. The van der Waals surface area contributed by atoms with Gasteiger partial charge in [-0.25, -0.2) is 9.97 Å². The van der Waals surface area contributed by atoms with Crippen LogP contribution >= 0.6 is 0 Å². The van der Waals surface area contributed by atoms with Crippen LogP contribution in [-0.4, -0.2) is 47.0 Å². The summed E-state index contributed by atoms with van der Waals surface area (Å²) in [6.07, 6.45) is 6.67. The van der Waals surface area contributed by atoms with Crippen molar-refractivity contribution >= 4 is 17.9 Å². The molecule has 0 aliphatic carbocycles. The molecule has 2 heterocycles. The zero-order chi connectivity index (χ0) is 16.8. The predicted octanol–water partition coefficient (Wildman–Crippen LogP) is 1.71. The van der Waals surface area contributed by atoms with Crippen molar-refractivity contribution in [3.8, 4) is 6.07 Å². The maximum absolute atomic E-state index is 12.3. The molecule has 24 heavy (non-hydrogen) atoms. The molecule has 1 aliphatic rings. The predicted molar refractivity (Wildman–Crippen MR) is 91.0 cm³/mol. The molecule has 3 rings (SSSR count). The average molecular weight is 319 g/mol. The SMILES string of the molecule is N#Cc1ccccc1/C=C/C(=O)N1CCN(c2ncccn2)CC1. The number of hydrogen-bond donors (Lipinski definition) is 0. The van der Waals surface area contributed by atoms with Gasteiger partial charge in [-0.15, -0.1) is 0 Å². The first kappa shape index (κ1) is 15.7. The van der Waals surface area contributed by atoms with E-state index in [1.807, 2.05) is 18.2 Å². The maximum Gasteiger partial charge on any atom is 0.246 e. The van der Waals surface area contributed by atoms with Crippen molar-refractivity contribution in [2.75, 3.05) is 31.1 Å². The molecule has 120 valence electrons. The van der Waals surface area contributed by atoms with Crippen molar-refractivity contribution in [3.63, 3.8) is 0 Å². The Morgan fingerprint density at radius 3 is 2.50 bits per heavy atom. The largest absolute Gasteiger partial charge is 0.337 e. The minimum atomic E-state index is -0.0450. The van der Waals surface area contributed by atoms with Gasteiger partial charge in [-0.1, -0.05) is 18.2 Å². The van der Waals surface area contributed by atoms with Gasteiger partial charge < -0.3 is 9.80 Å². The summed E-state index contributed by atoms with van der Waals surface area (Å²) >= 11 is 0. The van der Waals surface area contributed by atoms with E-state index in [2.05, 4.69) is 20.9 Å². The van der Waals surface area contributed by atoms with Crippen LogP contribution < -0.4 is 4.90 Å². The van der Waals surface area contributed by atoms with Crippen molar-refractivity contribution < 1.29 is 4.79 Å². The third-order valence-corrected chi connectivity index (χ3v) is 3.91. The molecule has 0 unspecified atom stereocenters. The Kier molecular flexibility index (Phi) is 4.82. The lowest BCUT2D eigenvalue weighted by Crippen LogP contribution is -2.48. The molecule has 6 nitrogen and oxygen atoms in total. The van der Waals surface area contributed by atoms with Gasteiger partial charge >= 0.3 is 0 Å². The van der Waals surface area contributed by atoms with Gasteiger partial charge in [-0.3, -0.25) is 4.79 Å². The van der Waals surface area contributed by atoms with Crippen molar-refractivity contribution in [2.45, 2.75) is 0 Å². The lowest BCUT2D eigenvalue weighted by Gasteiger charge is -2.34. The van der Waals surface area contributed by atoms with E-state index >= 15 is 0 Å². The maximum atomic E-state index is 12.3. The van der Waals surface area contributed by atoms with Crippen LogP contribution in [0, 0.1) is 11.3 Å². The van der Waals surface area contributed by atoms with Gasteiger partial charge in [0.25, 0.3) is 0 Å². The van der Waals surface area contributed by atoms with Gasteiger partial charge in [0, 0.05) is 44.6 Å². The quantitative estimate of drug-likeness (QED) is 0.805. The Morgan fingerprint density at radius 2 is 1.79 bits per heavy atom. The molecule has 0 atom stereocenters. The lowest BCUT2D eigenvalue weighted by molar-refractivity contribution is -0.126. The highest BCUT2D eigenvalue weighted by Crippen LogP contribution is 2.12. The molecule has 1 saturated heterocycles. The summed E-state index contributed by atoms with van der Waals surface area (Å²) in [7, 11) is 0. The normalized spacial score (nSPS) is 14.6. The number of rotatable bonds is 3. The number of nitriles is 1. The summed E-state index contributed by atoms with van der Waals surface area (Å²) in [5.74, 6) is 0.652. The van der Waals surface area contributed by atoms with Crippen molar-refractivity contribution in [1.29, 1.82) is 5.26 Å². The summed E-state index contributed by atoms with van der Waals surface area (Å²) in [6, 6.07) is 11.1. The molecule has 1 aromatic heterocycles. The summed E-state index contributed by atoms with van der Waals surface area (Å²) in [5, 5.41) is 9.07. The minimum absolute atomic E-state index is 0.0450. The van der Waals surface area contributed by atoms with Crippen LogP contribution in [0.15, 0.2) is 48.8 Å². The Balaban J connectivity index is 1.59. The molecule has 0 N–H and O–H groups in total. The van der Waals surface area contributed by atoms with Crippen LogP contribution in [0.4, 0.5) is 5.95 Å². The van der Waals surface area contributed by atoms with Gasteiger partial charge in [0.2, 0.25) is 11.9 Å². The second-order valence-electron chi connectivity index (χ2n) is 5.39. The van der Waals surface area contributed by atoms with E-state index < -0.39 is 0 Å². The van der Waals surface area contributed by atoms with Gasteiger partial charge in [-0.05, 0) is 23.8 Å². The average Bonchev–Trinajstić information content (AvgIpc) is 2.67. The monoisotopic (exact) mass is 319 g/mol. The summed E-state index contributed by atoms with van der Waals surface area (Å²) < 4.78 is 0. The molecule has 1 aliphatic heterocycles. The smallest absolute Gasteiger partial charge is 0.246 e. The van der Waals surface area contributed by atoms with E-state index in [4.69, 9.17) is 5.26 Å². The Bertz CT molecular complexity index is 773. The molecular formula is C18H17N5O. The first-order chi connectivity index (χ1) is 11.8. The van der Waals surface area contributed by atoms with Crippen LogP contribution in [-0.2, 0) is 4.79 Å². The number of anilines is 1. The Labute approximate surface area is 140 Å². The number of amides is 1. The zero-order valence-corrected chi connectivity index (χ0v) is 13.2. The van der Waals surface area contributed by atoms with E-state index in [1.54, 1.807) is 35.5 Å². The molecule has 0 bridgehead atoms. The van der Waals surface area contributed by atoms with Gasteiger partial charge in [0.1, 0.15) is 0 Å².